The Kier molecular flexibility index (Phi) is 7.29. The monoisotopic (exact) mass is 453 g/mol. The van der Waals surface area contributed by atoms with Crippen LogP contribution in [0.3, 0.4) is 0 Å². The summed E-state index contributed by atoms with van der Waals surface area (Å²) in [7, 11) is 0. The molecule has 7 nitrogen and oxygen atoms in total. The molecule has 0 bridgehead atoms. The third-order valence-corrected chi connectivity index (χ3v) is 7.00. The van der Waals surface area contributed by atoms with E-state index in [1.165, 1.54) is 22.9 Å². The third kappa shape index (κ3) is 6.22. The molecule has 0 spiro atoms. The summed E-state index contributed by atoms with van der Waals surface area (Å²) in [6.07, 6.45) is 4.11. The van der Waals surface area contributed by atoms with Crippen LogP contribution in [0.15, 0.2) is 35.4 Å². The van der Waals surface area contributed by atoms with Crippen LogP contribution in [-0.4, -0.2) is 46.9 Å². The number of aromatic nitrogens is 2. The first-order valence-corrected chi connectivity index (χ1v) is 12.3. The molecule has 32 heavy (non-hydrogen) atoms. The lowest BCUT2D eigenvalue weighted by Gasteiger charge is -2.32. The molecule has 8 heteroatoms. The van der Waals surface area contributed by atoms with Gasteiger partial charge in [0.1, 0.15) is 5.03 Å². The highest BCUT2D eigenvalue weighted by Crippen LogP contribution is 2.25. The van der Waals surface area contributed by atoms with Gasteiger partial charge in [0, 0.05) is 25.7 Å². The van der Waals surface area contributed by atoms with E-state index in [4.69, 9.17) is 0 Å². The summed E-state index contributed by atoms with van der Waals surface area (Å²) in [5.74, 6) is 1.24. The number of nitrogens with zero attached hydrogens (tertiary/aromatic N) is 3. The average Bonchev–Trinajstić information content (AvgIpc) is 3.63. The van der Waals surface area contributed by atoms with Crippen molar-refractivity contribution in [3.63, 3.8) is 0 Å². The summed E-state index contributed by atoms with van der Waals surface area (Å²) in [5, 5.41) is 15.4. The van der Waals surface area contributed by atoms with E-state index in [1.54, 1.807) is 0 Å². The van der Waals surface area contributed by atoms with Crippen LogP contribution in [0.5, 0.6) is 0 Å². The minimum atomic E-state index is -0.0281. The standard InChI is InChI=1S/C24H31N5O2S/c1-16-5-6-18(12-17(16)2)13-25-22(30)15-32-23-10-9-21(27-28-23)29-11-3-4-19(14-29)24(31)26-20-7-8-20/h5-6,9-10,12,19-20H,3-4,7-8,11,13-15H2,1-2H3,(H,25,30)(H,26,31). The third-order valence-electron chi connectivity index (χ3n) is 6.08. The summed E-state index contributed by atoms with van der Waals surface area (Å²) in [4.78, 5) is 26.7. The van der Waals surface area contributed by atoms with Gasteiger partial charge < -0.3 is 15.5 Å². The second-order valence-electron chi connectivity index (χ2n) is 8.78. The maximum absolute atomic E-state index is 12.4. The largest absolute Gasteiger partial charge is 0.354 e. The fourth-order valence-electron chi connectivity index (χ4n) is 3.81. The van der Waals surface area contributed by atoms with E-state index >= 15 is 0 Å². The van der Waals surface area contributed by atoms with Crippen molar-refractivity contribution in [1.29, 1.82) is 0 Å². The van der Waals surface area contributed by atoms with Crippen molar-refractivity contribution in [1.82, 2.24) is 20.8 Å². The van der Waals surface area contributed by atoms with Gasteiger partial charge in [-0.05, 0) is 68.4 Å². The van der Waals surface area contributed by atoms with Gasteiger partial charge in [-0.25, -0.2) is 0 Å². The maximum atomic E-state index is 12.4. The number of piperidine rings is 1. The number of rotatable bonds is 8. The van der Waals surface area contributed by atoms with E-state index < -0.39 is 0 Å². The molecule has 2 fully saturated rings. The van der Waals surface area contributed by atoms with Gasteiger partial charge in [-0.2, -0.15) is 0 Å². The van der Waals surface area contributed by atoms with Crippen LogP contribution in [0.1, 0.15) is 42.4 Å². The first kappa shape index (κ1) is 22.6. The Balaban J connectivity index is 1.23. The molecule has 1 saturated heterocycles. The molecule has 4 rings (SSSR count). The Morgan fingerprint density at radius 2 is 1.94 bits per heavy atom. The number of thioether (sulfide) groups is 1. The molecule has 1 aromatic carbocycles. The van der Waals surface area contributed by atoms with Gasteiger partial charge in [0.05, 0.1) is 11.7 Å². The van der Waals surface area contributed by atoms with Gasteiger partial charge in [0.15, 0.2) is 5.82 Å². The number of benzene rings is 1. The number of amides is 2. The van der Waals surface area contributed by atoms with E-state index in [1.807, 2.05) is 18.2 Å². The zero-order valence-corrected chi connectivity index (χ0v) is 19.6. The molecule has 0 radical (unpaired) electrons. The van der Waals surface area contributed by atoms with Crippen LogP contribution >= 0.6 is 11.8 Å². The summed E-state index contributed by atoms with van der Waals surface area (Å²) in [5.41, 5.74) is 3.57. The first-order valence-electron chi connectivity index (χ1n) is 11.3. The van der Waals surface area contributed by atoms with Gasteiger partial charge in [0.2, 0.25) is 11.8 Å². The van der Waals surface area contributed by atoms with E-state index in [0.29, 0.717) is 24.9 Å². The Morgan fingerprint density at radius 3 is 2.66 bits per heavy atom. The summed E-state index contributed by atoms with van der Waals surface area (Å²) < 4.78 is 0. The number of hydrogen-bond donors (Lipinski definition) is 2. The molecule has 170 valence electrons. The molecule has 1 saturated carbocycles. The number of hydrogen-bond acceptors (Lipinski definition) is 6. The fourth-order valence-corrected chi connectivity index (χ4v) is 4.45. The molecule has 1 atom stereocenters. The van der Waals surface area contributed by atoms with Crippen molar-refractivity contribution in [2.45, 2.75) is 57.1 Å². The number of anilines is 1. The van der Waals surface area contributed by atoms with E-state index in [9.17, 15) is 9.59 Å². The Hall–Kier alpha value is -2.61. The highest BCUT2D eigenvalue weighted by Gasteiger charge is 2.30. The number of nitrogens with one attached hydrogen (secondary N) is 2. The van der Waals surface area contributed by atoms with E-state index in [2.05, 4.69) is 51.7 Å². The minimum Gasteiger partial charge on any atom is -0.354 e. The highest BCUT2D eigenvalue weighted by molar-refractivity contribution is 7.99. The summed E-state index contributed by atoms with van der Waals surface area (Å²) >= 11 is 1.38. The minimum absolute atomic E-state index is 0.0150. The van der Waals surface area contributed by atoms with Crippen LogP contribution in [0.25, 0.3) is 0 Å². The Labute approximate surface area is 193 Å². The zero-order chi connectivity index (χ0) is 22.5. The SMILES string of the molecule is Cc1ccc(CNC(=O)CSc2ccc(N3CCCC(C(=O)NC4CC4)C3)nn2)cc1C. The molecule has 1 aliphatic carbocycles. The molecule has 2 amide bonds. The van der Waals surface area contributed by atoms with Crippen molar-refractivity contribution >= 4 is 29.4 Å². The molecule has 1 aliphatic heterocycles. The summed E-state index contributed by atoms with van der Waals surface area (Å²) in [6, 6.07) is 10.5. The Bertz CT molecular complexity index is 961. The summed E-state index contributed by atoms with van der Waals surface area (Å²) in [6.45, 7) is 6.24. The highest BCUT2D eigenvalue weighted by atomic mass is 32.2. The van der Waals surface area contributed by atoms with Gasteiger partial charge in [0.25, 0.3) is 0 Å². The molecule has 1 aromatic heterocycles. The van der Waals surface area contributed by atoms with Gasteiger partial charge in [-0.15, -0.1) is 10.2 Å². The van der Waals surface area contributed by atoms with Crippen LogP contribution in [0, 0.1) is 19.8 Å². The molecule has 1 unspecified atom stereocenters. The maximum Gasteiger partial charge on any atom is 0.230 e. The van der Waals surface area contributed by atoms with Crippen molar-refractivity contribution in [2.75, 3.05) is 23.7 Å². The second kappa shape index (κ2) is 10.3. The number of aryl methyl sites for hydroxylation is 2. The predicted octanol–water partition coefficient (Wildman–Crippen LogP) is 3.00. The van der Waals surface area contributed by atoms with Crippen molar-refractivity contribution in [3.8, 4) is 0 Å². The van der Waals surface area contributed by atoms with Crippen LogP contribution < -0.4 is 15.5 Å². The lowest BCUT2D eigenvalue weighted by Crippen LogP contribution is -2.44. The van der Waals surface area contributed by atoms with Gasteiger partial charge in [-0.1, -0.05) is 30.0 Å². The van der Waals surface area contributed by atoms with Crippen LogP contribution in [0.4, 0.5) is 5.82 Å². The smallest absolute Gasteiger partial charge is 0.230 e. The number of carbonyl (C=O) groups is 2. The predicted molar refractivity (Wildman–Crippen MR) is 127 cm³/mol. The lowest BCUT2D eigenvalue weighted by atomic mass is 9.97. The average molecular weight is 454 g/mol. The molecular formula is C24H31N5O2S. The Morgan fingerprint density at radius 1 is 1.09 bits per heavy atom. The van der Waals surface area contributed by atoms with Crippen LogP contribution in [0.2, 0.25) is 0 Å². The normalized spacial score (nSPS) is 18.3. The first-order chi connectivity index (χ1) is 15.5. The van der Waals surface area contributed by atoms with E-state index in [0.717, 1.165) is 48.6 Å². The molecule has 2 N–H and O–H groups in total. The quantitative estimate of drug-likeness (QED) is 0.598. The topological polar surface area (TPSA) is 87.2 Å². The van der Waals surface area contributed by atoms with Crippen molar-refractivity contribution in [3.05, 3.63) is 47.0 Å². The second-order valence-corrected chi connectivity index (χ2v) is 9.78. The van der Waals surface area contributed by atoms with Gasteiger partial charge >= 0.3 is 0 Å². The van der Waals surface area contributed by atoms with Crippen LogP contribution in [-0.2, 0) is 16.1 Å². The molecule has 2 aliphatic rings. The lowest BCUT2D eigenvalue weighted by molar-refractivity contribution is -0.125. The van der Waals surface area contributed by atoms with Crippen molar-refractivity contribution in [2.24, 2.45) is 5.92 Å². The zero-order valence-electron chi connectivity index (χ0n) is 18.8. The number of carbonyl (C=O) groups excluding carboxylic acids is 2. The molecule has 2 heterocycles. The van der Waals surface area contributed by atoms with E-state index in [-0.39, 0.29) is 17.7 Å². The fraction of sp³-hybridized carbons (Fsp3) is 0.500. The van der Waals surface area contributed by atoms with Gasteiger partial charge in [-0.3, -0.25) is 9.59 Å². The van der Waals surface area contributed by atoms with Crippen molar-refractivity contribution < 1.29 is 9.59 Å². The molecule has 2 aromatic rings. The molecular weight excluding hydrogens is 422 g/mol.